The van der Waals surface area contributed by atoms with E-state index in [1.165, 1.54) is 0 Å². The van der Waals surface area contributed by atoms with Crippen LogP contribution in [-0.4, -0.2) is 23.7 Å². The number of hydroxylamine groups is 1. The third-order valence-electron chi connectivity index (χ3n) is 1.82. The highest BCUT2D eigenvalue weighted by atomic mass is 35.5. The van der Waals surface area contributed by atoms with E-state index in [-0.39, 0.29) is 0 Å². The minimum Gasteiger partial charge on any atom is -0.479 e. The van der Waals surface area contributed by atoms with Gasteiger partial charge in [0.1, 0.15) is 0 Å². The maximum Gasteiger partial charge on any atom is 0.343 e. The van der Waals surface area contributed by atoms with Crippen molar-refractivity contribution < 1.29 is 19.5 Å². The quantitative estimate of drug-likeness (QED) is 0.719. The van der Waals surface area contributed by atoms with Gasteiger partial charge in [-0.25, -0.2) is 15.1 Å². The number of amides is 2. The Hall–Kier alpha value is -1.79. The Morgan fingerprint density at radius 3 is 2.76 bits per heavy atom. The summed E-state index contributed by atoms with van der Waals surface area (Å²) < 4.78 is 0. The molecular formula is C10H11ClN2O4. The van der Waals surface area contributed by atoms with Crippen molar-refractivity contribution in [1.82, 2.24) is 5.48 Å². The molecule has 0 aliphatic heterocycles. The Morgan fingerprint density at radius 2 is 2.18 bits per heavy atom. The summed E-state index contributed by atoms with van der Waals surface area (Å²) in [5.74, 6) is -1.18. The molecule has 0 spiro atoms. The van der Waals surface area contributed by atoms with Gasteiger partial charge in [0.2, 0.25) is 0 Å². The van der Waals surface area contributed by atoms with Crippen LogP contribution in [-0.2, 0) is 9.63 Å². The standard InChI is InChI=1S/C10H11ClN2O4/c1-6-3-2-4-7(11)9(6)12-10(16)13-17-5-8(14)15/h2-4H,5H2,1H3,(H,14,15)(H2,12,13,16). The van der Waals surface area contributed by atoms with Gasteiger partial charge in [-0.3, -0.25) is 4.84 Å². The molecule has 0 heterocycles. The van der Waals surface area contributed by atoms with Gasteiger partial charge in [0.05, 0.1) is 10.7 Å². The monoisotopic (exact) mass is 258 g/mol. The van der Waals surface area contributed by atoms with E-state index in [1.807, 2.05) is 5.48 Å². The number of anilines is 1. The first kappa shape index (κ1) is 13.3. The fourth-order valence-electron chi connectivity index (χ4n) is 1.09. The topological polar surface area (TPSA) is 87.7 Å². The summed E-state index contributed by atoms with van der Waals surface area (Å²) in [4.78, 5) is 25.8. The predicted octanol–water partition coefficient (Wildman–Crippen LogP) is 1.79. The van der Waals surface area contributed by atoms with Gasteiger partial charge < -0.3 is 10.4 Å². The fraction of sp³-hybridized carbons (Fsp3) is 0.200. The van der Waals surface area contributed by atoms with E-state index in [1.54, 1.807) is 25.1 Å². The smallest absolute Gasteiger partial charge is 0.343 e. The van der Waals surface area contributed by atoms with Crippen molar-refractivity contribution in [2.75, 3.05) is 11.9 Å². The molecule has 6 nitrogen and oxygen atoms in total. The molecule has 1 aromatic rings. The molecule has 0 unspecified atom stereocenters. The molecule has 17 heavy (non-hydrogen) atoms. The van der Waals surface area contributed by atoms with Gasteiger partial charge in [0.25, 0.3) is 0 Å². The van der Waals surface area contributed by atoms with Crippen molar-refractivity contribution in [2.45, 2.75) is 6.92 Å². The summed E-state index contributed by atoms with van der Waals surface area (Å²) in [6.07, 6.45) is 0. The molecule has 3 N–H and O–H groups in total. The molecule has 0 atom stereocenters. The Balaban J connectivity index is 2.53. The first-order valence-electron chi connectivity index (χ1n) is 4.66. The van der Waals surface area contributed by atoms with Crippen molar-refractivity contribution in [1.29, 1.82) is 0 Å². The van der Waals surface area contributed by atoms with Crippen molar-refractivity contribution >= 4 is 29.3 Å². The molecular weight excluding hydrogens is 248 g/mol. The predicted molar refractivity (Wildman–Crippen MR) is 61.9 cm³/mol. The molecule has 2 amide bonds. The average molecular weight is 259 g/mol. The second kappa shape index (κ2) is 6.07. The van der Waals surface area contributed by atoms with Crippen LogP contribution in [0.2, 0.25) is 5.02 Å². The Morgan fingerprint density at radius 1 is 1.47 bits per heavy atom. The van der Waals surface area contributed by atoms with Crippen molar-refractivity contribution in [3.8, 4) is 0 Å². The van der Waals surface area contributed by atoms with E-state index in [2.05, 4.69) is 10.2 Å². The number of para-hydroxylation sites is 1. The van der Waals surface area contributed by atoms with Crippen LogP contribution in [0.3, 0.4) is 0 Å². The molecule has 0 fully saturated rings. The summed E-state index contributed by atoms with van der Waals surface area (Å²) in [6.45, 7) is 1.16. The second-order valence-corrected chi connectivity index (χ2v) is 3.58. The third kappa shape index (κ3) is 4.29. The van der Waals surface area contributed by atoms with E-state index in [0.717, 1.165) is 5.56 Å². The lowest BCUT2D eigenvalue weighted by Crippen LogP contribution is -2.31. The highest BCUT2D eigenvalue weighted by molar-refractivity contribution is 6.33. The summed E-state index contributed by atoms with van der Waals surface area (Å²) in [6, 6.07) is 4.46. The molecule has 0 aliphatic carbocycles. The minimum atomic E-state index is -1.18. The van der Waals surface area contributed by atoms with E-state index >= 15 is 0 Å². The largest absolute Gasteiger partial charge is 0.479 e. The van der Waals surface area contributed by atoms with Crippen molar-refractivity contribution in [3.05, 3.63) is 28.8 Å². The lowest BCUT2D eigenvalue weighted by atomic mass is 10.2. The second-order valence-electron chi connectivity index (χ2n) is 3.17. The Labute approximate surface area is 102 Å². The first-order chi connectivity index (χ1) is 8.00. The van der Waals surface area contributed by atoms with Gasteiger partial charge in [0, 0.05) is 0 Å². The summed E-state index contributed by atoms with van der Waals surface area (Å²) in [7, 11) is 0. The molecule has 92 valence electrons. The molecule has 0 bridgehead atoms. The van der Waals surface area contributed by atoms with Crippen molar-refractivity contribution in [3.63, 3.8) is 0 Å². The molecule has 1 rings (SSSR count). The molecule has 0 saturated carbocycles. The summed E-state index contributed by atoms with van der Waals surface area (Å²) >= 11 is 5.88. The molecule has 1 aromatic carbocycles. The number of carboxylic acids is 1. The van der Waals surface area contributed by atoms with Gasteiger partial charge in [-0.1, -0.05) is 23.7 Å². The molecule has 7 heteroatoms. The number of rotatable bonds is 4. The number of nitrogens with one attached hydrogen (secondary N) is 2. The van der Waals surface area contributed by atoms with Gasteiger partial charge >= 0.3 is 12.0 Å². The number of carboxylic acid groups (broad SMARTS) is 1. The Kier molecular flexibility index (Phi) is 4.74. The highest BCUT2D eigenvalue weighted by Crippen LogP contribution is 2.24. The number of halogens is 1. The highest BCUT2D eigenvalue weighted by Gasteiger charge is 2.08. The number of urea groups is 1. The fourth-order valence-corrected chi connectivity index (χ4v) is 1.36. The number of carbonyl (C=O) groups is 2. The average Bonchev–Trinajstić information content (AvgIpc) is 2.23. The van der Waals surface area contributed by atoms with Gasteiger partial charge in [-0.2, -0.15) is 0 Å². The van der Waals surface area contributed by atoms with Crippen LogP contribution in [0.1, 0.15) is 5.56 Å². The number of aliphatic carboxylic acids is 1. The number of carbonyl (C=O) groups excluding carboxylic acids is 1. The van der Waals surface area contributed by atoms with E-state index in [4.69, 9.17) is 16.7 Å². The maximum absolute atomic E-state index is 11.3. The van der Waals surface area contributed by atoms with E-state index < -0.39 is 18.6 Å². The first-order valence-corrected chi connectivity index (χ1v) is 5.04. The zero-order chi connectivity index (χ0) is 12.8. The number of aryl methyl sites for hydroxylation is 1. The van der Waals surface area contributed by atoms with E-state index in [0.29, 0.717) is 10.7 Å². The van der Waals surface area contributed by atoms with Crippen LogP contribution in [0.5, 0.6) is 0 Å². The normalized spacial score (nSPS) is 9.76. The van der Waals surface area contributed by atoms with E-state index in [9.17, 15) is 9.59 Å². The van der Waals surface area contributed by atoms with Crippen LogP contribution in [0.4, 0.5) is 10.5 Å². The van der Waals surface area contributed by atoms with Crippen LogP contribution >= 0.6 is 11.6 Å². The SMILES string of the molecule is Cc1cccc(Cl)c1NC(=O)NOCC(=O)O. The lowest BCUT2D eigenvalue weighted by Gasteiger charge is -2.10. The maximum atomic E-state index is 11.3. The van der Waals surface area contributed by atoms with Crippen molar-refractivity contribution in [2.24, 2.45) is 0 Å². The molecule has 0 radical (unpaired) electrons. The van der Waals surface area contributed by atoms with Crippen LogP contribution in [0.15, 0.2) is 18.2 Å². The minimum absolute atomic E-state index is 0.387. The Bertz CT molecular complexity index is 416. The van der Waals surface area contributed by atoms with Crippen LogP contribution in [0, 0.1) is 6.92 Å². The number of hydrogen-bond donors (Lipinski definition) is 3. The van der Waals surface area contributed by atoms with Crippen LogP contribution < -0.4 is 10.8 Å². The van der Waals surface area contributed by atoms with Crippen LogP contribution in [0.25, 0.3) is 0 Å². The zero-order valence-electron chi connectivity index (χ0n) is 8.99. The third-order valence-corrected chi connectivity index (χ3v) is 2.14. The molecule has 0 aromatic heterocycles. The van der Waals surface area contributed by atoms with Gasteiger partial charge in [-0.15, -0.1) is 0 Å². The molecule has 0 saturated heterocycles. The summed E-state index contributed by atoms with van der Waals surface area (Å²) in [5, 5.41) is 11.1. The van der Waals surface area contributed by atoms with Gasteiger partial charge in [0.15, 0.2) is 6.61 Å². The zero-order valence-corrected chi connectivity index (χ0v) is 9.75. The van der Waals surface area contributed by atoms with Gasteiger partial charge in [-0.05, 0) is 18.6 Å². The summed E-state index contributed by atoms with van der Waals surface area (Å²) in [5.41, 5.74) is 3.16. The number of hydrogen-bond acceptors (Lipinski definition) is 3. The number of benzene rings is 1. The lowest BCUT2D eigenvalue weighted by molar-refractivity contribution is -0.143. The molecule has 0 aliphatic rings.